The Morgan fingerprint density at radius 1 is 1.50 bits per heavy atom. The first-order valence-corrected chi connectivity index (χ1v) is 7.66. The molecule has 0 radical (unpaired) electrons. The van der Waals surface area contributed by atoms with Gasteiger partial charge in [-0.2, -0.15) is 0 Å². The quantitative estimate of drug-likeness (QED) is 0.853. The molecule has 0 aromatic carbocycles. The maximum Gasteiger partial charge on any atom is 0.220 e. The number of rotatable bonds is 4. The van der Waals surface area contributed by atoms with E-state index < -0.39 is 0 Å². The molecule has 0 aliphatic carbocycles. The van der Waals surface area contributed by atoms with Gasteiger partial charge in [0.1, 0.15) is 5.82 Å². The van der Waals surface area contributed by atoms with E-state index in [9.17, 15) is 4.79 Å². The highest BCUT2D eigenvalue weighted by Gasteiger charge is 2.23. The van der Waals surface area contributed by atoms with Crippen LogP contribution >= 0.6 is 0 Å². The van der Waals surface area contributed by atoms with Crippen LogP contribution in [0.4, 0.5) is 0 Å². The van der Waals surface area contributed by atoms with E-state index in [2.05, 4.69) is 25.4 Å². The van der Waals surface area contributed by atoms with E-state index in [-0.39, 0.29) is 11.9 Å². The Labute approximate surface area is 119 Å². The highest BCUT2D eigenvalue weighted by Crippen LogP contribution is 2.20. The summed E-state index contributed by atoms with van der Waals surface area (Å²) in [6.07, 6.45) is 5.06. The number of fused-ring (bicyclic) bond motifs is 1. The summed E-state index contributed by atoms with van der Waals surface area (Å²) >= 11 is 0. The monoisotopic (exact) mass is 277 g/mol. The second-order valence-electron chi connectivity index (χ2n) is 5.94. The zero-order chi connectivity index (χ0) is 13.9. The normalized spacial score (nSPS) is 23.4. The maximum atomic E-state index is 12.1. The predicted octanol–water partition coefficient (Wildman–Crippen LogP) is 0.791. The number of nitrogens with zero attached hydrogens (tertiary/aromatic N) is 3. The van der Waals surface area contributed by atoms with Crippen LogP contribution < -0.4 is 10.6 Å². The lowest BCUT2D eigenvalue weighted by atomic mass is 9.96. The van der Waals surface area contributed by atoms with Crippen LogP contribution in [-0.4, -0.2) is 33.8 Å². The molecule has 2 N–H and O–H groups in total. The smallest absolute Gasteiger partial charge is 0.220 e. The Morgan fingerprint density at radius 3 is 3.20 bits per heavy atom. The molecule has 0 bridgehead atoms. The van der Waals surface area contributed by atoms with Gasteiger partial charge in [-0.05, 0) is 45.2 Å². The summed E-state index contributed by atoms with van der Waals surface area (Å²) in [5.41, 5.74) is 0. The molecule has 3 heterocycles. The Bertz CT molecular complexity index is 478. The number of hydrogen-bond acceptors (Lipinski definition) is 4. The zero-order valence-corrected chi connectivity index (χ0v) is 12.1. The van der Waals surface area contributed by atoms with Crippen molar-refractivity contribution in [1.82, 2.24) is 25.4 Å². The lowest BCUT2D eigenvalue weighted by Crippen LogP contribution is -2.35. The Balaban J connectivity index is 1.55. The Kier molecular flexibility index (Phi) is 4.00. The number of carbonyl (C=O) groups excluding carboxylic acids is 1. The molecule has 1 aromatic rings. The molecular weight excluding hydrogens is 254 g/mol. The van der Waals surface area contributed by atoms with Crippen LogP contribution in [0.25, 0.3) is 0 Å². The average Bonchev–Trinajstić information content (AvgIpc) is 3.01. The molecule has 1 saturated heterocycles. The minimum absolute atomic E-state index is 0.0570. The number of aryl methyl sites for hydroxylation is 1. The minimum Gasteiger partial charge on any atom is -0.346 e. The third-order valence-electron chi connectivity index (χ3n) is 4.28. The van der Waals surface area contributed by atoms with Crippen molar-refractivity contribution in [2.45, 2.75) is 51.6 Å². The van der Waals surface area contributed by atoms with Crippen LogP contribution in [0.3, 0.4) is 0 Å². The highest BCUT2D eigenvalue weighted by atomic mass is 16.1. The topological polar surface area (TPSA) is 71.8 Å². The molecule has 2 unspecified atom stereocenters. The largest absolute Gasteiger partial charge is 0.346 e. The van der Waals surface area contributed by atoms with E-state index in [1.165, 1.54) is 6.42 Å². The first-order valence-electron chi connectivity index (χ1n) is 7.66. The van der Waals surface area contributed by atoms with Gasteiger partial charge in [0.25, 0.3) is 0 Å². The first-order chi connectivity index (χ1) is 9.74. The van der Waals surface area contributed by atoms with Crippen LogP contribution in [0.5, 0.6) is 0 Å². The number of carbonyl (C=O) groups is 1. The standard InChI is InChI=1S/C14H23N5O/c1-10(14-18-17-12-5-3-7-19(12)14)16-13(20)8-11-4-2-6-15-9-11/h10-11,15H,2-9H2,1H3,(H,16,20). The molecule has 2 aliphatic heterocycles. The van der Waals surface area contributed by atoms with E-state index in [0.29, 0.717) is 12.3 Å². The van der Waals surface area contributed by atoms with Crippen molar-refractivity contribution >= 4 is 5.91 Å². The van der Waals surface area contributed by atoms with Gasteiger partial charge in [0.05, 0.1) is 6.04 Å². The lowest BCUT2D eigenvalue weighted by Gasteiger charge is -2.23. The Morgan fingerprint density at radius 2 is 2.40 bits per heavy atom. The second-order valence-corrected chi connectivity index (χ2v) is 5.94. The van der Waals surface area contributed by atoms with Crippen molar-refractivity contribution < 1.29 is 4.79 Å². The predicted molar refractivity (Wildman–Crippen MR) is 75.1 cm³/mol. The number of piperidine rings is 1. The molecule has 2 aliphatic rings. The second kappa shape index (κ2) is 5.91. The summed E-state index contributed by atoms with van der Waals surface area (Å²) < 4.78 is 2.15. The van der Waals surface area contributed by atoms with Gasteiger partial charge in [-0.1, -0.05) is 0 Å². The number of aromatic nitrogens is 3. The van der Waals surface area contributed by atoms with Gasteiger partial charge < -0.3 is 15.2 Å². The third-order valence-corrected chi connectivity index (χ3v) is 4.28. The molecular formula is C14H23N5O. The van der Waals surface area contributed by atoms with Gasteiger partial charge in [0.2, 0.25) is 5.91 Å². The fraction of sp³-hybridized carbons (Fsp3) is 0.786. The molecule has 6 heteroatoms. The summed E-state index contributed by atoms with van der Waals surface area (Å²) in [5, 5.41) is 14.8. The molecule has 0 spiro atoms. The van der Waals surface area contributed by atoms with E-state index in [0.717, 1.165) is 50.5 Å². The number of amides is 1. The van der Waals surface area contributed by atoms with Gasteiger partial charge in [-0.15, -0.1) is 10.2 Å². The fourth-order valence-corrected chi connectivity index (χ4v) is 3.22. The summed E-state index contributed by atoms with van der Waals surface area (Å²) in [6.45, 7) is 5.01. The summed E-state index contributed by atoms with van der Waals surface area (Å²) in [5.74, 6) is 2.55. The van der Waals surface area contributed by atoms with Crippen molar-refractivity contribution in [2.75, 3.05) is 13.1 Å². The van der Waals surface area contributed by atoms with Crippen molar-refractivity contribution in [2.24, 2.45) is 5.92 Å². The molecule has 1 aromatic heterocycles. The first kappa shape index (κ1) is 13.5. The maximum absolute atomic E-state index is 12.1. The molecule has 3 rings (SSSR count). The average molecular weight is 277 g/mol. The van der Waals surface area contributed by atoms with E-state index >= 15 is 0 Å². The highest BCUT2D eigenvalue weighted by molar-refractivity contribution is 5.76. The minimum atomic E-state index is -0.0570. The van der Waals surface area contributed by atoms with Gasteiger partial charge in [-0.3, -0.25) is 4.79 Å². The zero-order valence-electron chi connectivity index (χ0n) is 12.1. The van der Waals surface area contributed by atoms with Crippen LogP contribution in [0.2, 0.25) is 0 Å². The SMILES string of the molecule is CC(NC(=O)CC1CCCNC1)c1nnc2n1CCC2. The van der Waals surface area contributed by atoms with Gasteiger partial charge in [-0.25, -0.2) is 0 Å². The summed E-state index contributed by atoms with van der Waals surface area (Å²) in [7, 11) is 0. The molecule has 6 nitrogen and oxygen atoms in total. The van der Waals surface area contributed by atoms with Crippen LogP contribution in [-0.2, 0) is 17.8 Å². The van der Waals surface area contributed by atoms with Gasteiger partial charge in [0, 0.05) is 19.4 Å². The Hall–Kier alpha value is -1.43. The van der Waals surface area contributed by atoms with Crippen LogP contribution in [0, 0.1) is 5.92 Å². The van der Waals surface area contributed by atoms with Crippen molar-refractivity contribution in [1.29, 1.82) is 0 Å². The fourth-order valence-electron chi connectivity index (χ4n) is 3.22. The van der Waals surface area contributed by atoms with Crippen LogP contribution in [0.1, 0.15) is 50.3 Å². The van der Waals surface area contributed by atoms with E-state index in [1.54, 1.807) is 0 Å². The van der Waals surface area contributed by atoms with Crippen LogP contribution in [0.15, 0.2) is 0 Å². The molecule has 1 amide bonds. The molecule has 1 fully saturated rings. The molecule has 110 valence electrons. The number of hydrogen-bond donors (Lipinski definition) is 2. The van der Waals surface area contributed by atoms with Crippen molar-refractivity contribution in [3.8, 4) is 0 Å². The summed E-state index contributed by atoms with van der Waals surface area (Å²) in [6, 6.07) is -0.0570. The molecule has 0 saturated carbocycles. The molecule has 20 heavy (non-hydrogen) atoms. The third kappa shape index (κ3) is 2.85. The number of nitrogens with one attached hydrogen (secondary N) is 2. The van der Waals surface area contributed by atoms with Crippen molar-refractivity contribution in [3.63, 3.8) is 0 Å². The summed E-state index contributed by atoms with van der Waals surface area (Å²) in [4.78, 5) is 12.1. The van der Waals surface area contributed by atoms with Crippen molar-refractivity contribution in [3.05, 3.63) is 11.6 Å². The van der Waals surface area contributed by atoms with Gasteiger partial charge in [0.15, 0.2) is 5.82 Å². The van der Waals surface area contributed by atoms with E-state index in [1.807, 2.05) is 6.92 Å². The lowest BCUT2D eigenvalue weighted by molar-refractivity contribution is -0.122. The molecule has 2 atom stereocenters. The van der Waals surface area contributed by atoms with E-state index in [4.69, 9.17) is 0 Å². The van der Waals surface area contributed by atoms with Gasteiger partial charge >= 0.3 is 0 Å².